The number of carbonyl (C=O) groups excluding carboxylic acids is 1. The fraction of sp³-hybridized carbons (Fsp3) is 0.429. The van der Waals surface area contributed by atoms with Crippen molar-refractivity contribution in [1.82, 2.24) is 9.88 Å². The van der Waals surface area contributed by atoms with Crippen LogP contribution in [0, 0.1) is 13.8 Å². The molecule has 1 N–H and O–H groups in total. The van der Waals surface area contributed by atoms with E-state index in [1.165, 1.54) is 0 Å². The van der Waals surface area contributed by atoms with Gasteiger partial charge in [-0.1, -0.05) is 17.7 Å². The van der Waals surface area contributed by atoms with E-state index < -0.39 is 5.60 Å². The van der Waals surface area contributed by atoms with Gasteiger partial charge in [0.25, 0.3) is 5.91 Å². The summed E-state index contributed by atoms with van der Waals surface area (Å²) < 4.78 is 5.82. The molecule has 1 fully saturated rings. The minimum atomic E-state index is -0.980. The highest BCUT2D eigenvalue weighted by Gasteiger charge is 2.33. The summed E-state index contributed by atoms with van der Waals surface area (Å²) >= 11 is 6.17. The summed E-state index contributed by atoms with van der Waals surface area (Å²) in [5.41, 5.74) is 1.41. The lowest BCUT2D eigenvalue weighted by Crippen LogP contribution is -2.38. The number of pyridine rings is 1. The lowest BCUT2D eigenvalue weighted by Gasteiger charge is -2.27. The summed E-state index contributed by atoms with van der Waals surface area (Å²) in [5, 5.41) is 11.5. The molecule has 1 aliphatic rings. The van der Waals surface area contributed by atoms with Gasteiger partial charge in [0, 0.05) is 25.0 Å². The Labute approximate surface area is 164 Å². The highest BCUT2D eigenvalue weighted by atomic mass is 35.5. The third-order valence-corrected chi connectivity index (χ3v) is 5.34. The average Bonchev–Trinajstić information content (AvgIpc) is 2.85. The van der Waals surface area contributed by atoms with Crippen molar-refractivity contribution < 1.29 is 14.6 Å². The summed E-state index contributed by atoms with van der Waals surface area (Å²) in [4.78, 5) is 18.8. The third-order valence-electron chi connectivity index (χ3n) is 5.02. The van der Waals surface area contributed by atoms with Crippen LogP contribution in [0.1, 0.15) is 40.9 Å². The zero-order chi connectivity index (χ0) is 19.4. The topological polar surface area (TPSA) is 62.7 Å². The van der Waals surface area contributed by atoms with E-state index in [0.717, 1.165) is 11.3 Å². The van der Waals surface area contributed by atoms with Crippen LogP contribution in [0.2, 0.25) is 5.02 Å². The predicted molar refractivity (Wildman–Crippen MR) is 105 cm³/mol. The Morgan fingerprint density at radius 2 is 2.11 bits per heavy atom. The number of hydrogen-bond acceptors (Lipinski definition) is 4. The van der Waals surface area contributed by atoms with E-state index in [0.29, 0.717) is 48.7 Å². The van der Waals surface area contributed by atoms with Crippen LogP contribution in [0.5, 0.6) is 5.75 Å². The van der Waals surface area contributed by atoms with E-state index in [4.69, 9.17) is 16.3 Å². The SMILES string of the molecule is Cc1ccc(Cl)c(OCC2(O)CCCN(C(=O)c3cccnc3C)CC2)c1. The first-order chi connectivity index (χ1) is 12.9. The number of benzene rings is 1. The van der Waals surface area contributed by atoms with Gasteiger partial charge in [-0.2, -0.15) is 0 Å². The fourth-order valence-electron chi connectivity index (χ4n) is 3.34. The van der Waals surface area contributed by atoms with Crippen molar-refractivity contribution in [3.05, 3.63) is 58.4 Å². The Balaban J connectivity index is 1.64. The minimum absolute atomic E-state index is 0.0347. The minimum Gasteiger partial charge on any atom is -0.489 e. The maximum atomic E-state index is 12.8. The van der Waals surface area contributed by atoms with Crippen LogP contribution in [0.3, 0.4) is 0 Å². The maximum absolute atomic E-state index is 12.8. The number of amides is 1. The maximum Gasteiger partial charge on any atom is 0.255 e. The number of nitrogens with zero attached hydrogens (tertiary/aromatic N) is 2. The summed E-state index contributed by atoms with van der Waals surface area (Å²) in [6.45, 7) is 5.05. The summed E-state index contributed by atoms with van der Waals surface area (Å²) in [6.07, 6.45) is 3.43. The molecule has 0 saturated carbocycles. The first-order valence-corrected chi connectivity index (χ1v) is 9.58. The fourth-order valence-corrected chi connectivity index (χ4v) is 3.51. The van der Waals surface area contributed by atoms with E-state index in [9.17, 15) is 9.90 Å². The zero-order valence-electron chi connectivity index (χ0n) is 15.7. The Morgan fingerprint density at radius 1 is 1.30 bits per heavy atom. The molecular formula is C21H25ClN2O3. The number of halogens is 1. The normalized spacial score (nSPS) is 20.2. The van der Waals surface area contributed by atoms with Gasteiger partial charge in [0.2, 0.25) is 0 Å². The lowest BCUT2D eigenvalue weighted by molar-refractivity contribution is -0.0163. The van der Waals surface area contributed by atoms with Crippen LogP contribution < -0.4 is 4.74 Å². The number of rotatable bonds is 4. The van der Waals surface area contributed by atoms with Crippen molar-refractivity contribution in [3.8, 4) is 5.75 Å². The Kier molecular flexibility index (Phi) is 6.02. The van der Waals surface area contributed by atoms with Gasteiger partial charge < -0.3 is 14.7 Å². The molecule has 0 bridgehead atoms. The Hall–Kier alpha value is -2.11. The Bertz CT molecular complexity index is 827. The molecule has 0 aliphatic carbocycles. The van der Waals surface area contributed by atoms with Crippen molar-refractivity contribution in [1.29, 1.82) is 0 Å². The number of ether oxygens (including phenoxy) is 1. The molecule has 6 heteroatoms. The highest BCUT2D eigenvalue weighted by Crippen LogP contribution is 2.29. The summed E-state index contributed by atoms with van der Waals surface area (Å²) in [6, 6.07) is 9.14. The molecule has 2 aromatic rings. The summed E-state index contributed by atoms with van der Waals surface area (Å²) in [5.74, 6) is 0.542. The zero-order valence-corrected chi connectivity index (χ0v) is 16.5. The molecule has 0 spiro atoms. The largest absolute Gasteiger partial charge is 0.489 e. The molecule has 3 rings (SSSR count). The van der Waals surface area contributed by atoms with E-state index in [2.05, 4.69) is 4.98 Å². The van der Waals surface area contributed by atoms with Crippen molar-refractivity contribution in [2.45, 2.75) is 38.7 Å². The van der Waals surface area contributed by atoms with Gasteiger partial charge in [0.05, 0.1) is 10.6 Å². The van der Waals surface area contributed by atoms with E-state index >= 15 is 0 Å². The van der Waals surface area contributed by atoms with Crippen LogP contribution in [-0.2, 0) is 0 Å². The third kappa shape index (κ3) is 4.79. The molecule has 1 aromatic carbocycles. The molecule has 1 saturated heterocycles. The first-order valence-electron chi connectivity index (χ1n) is 9.20. The molecule has 0 radical (unpaired) electrons. The summed E-state index contributed by atoms with van der Waals surface area (Å²) in [7, 11) is 0. The molecule has 2 heterocycles. The number of carbonyl (C=O) groups is 1. The molecule has 27 heavy (non-hydrogen) atoms. The highest BCUT2D eigenvalue weighted by molar-refractivity contribution is 6.32. The molecule has 1 aromatic heterocycles. The number of aliphatic hydroxyl groups is 1. The molecule has 1 unspecified atom stereocenters. The van der Waals surface area contributed by atoms with Gasteiger partial charge >= 0.3 is 0 Å². The monoisotopic (exact) mass is 388 g/mol. The number of aromatic nitrogens is 1. The van der Waals surface area contributed by atoms with E-state index in [1.807, 2.05) is 26.0 Å². The van der Waals surface area contributed by atoms with Crippen molar-refractivity contribution in [3.63, 3.8) is 0 Å². The van der Waals surface area contributed by atoms with E-state index in [1.54, 1.807) is 29.3 Å². The van der Waals surface area contributed by atoms with Gasteiger partial charge in [-0.25, -0.2) is 0 Å². The standard InChI is InChI=1S/C21H25ClN2O3/c1-15-6-7-18(22)19(13-15)27-14-21(26)8-4-11-24(12-9-21)20(25)17-5-3-10-23-16(17)2/h3,5-7,10,13,26H,4,8-9,11-12,14H2,1-2H3. The van der Waals surface area contributed by atoms with Crippen LogP contribution in [-0.4, -0.2) is 46.2 Å². The lowest BCUT2D eigenvalue weighted by atomic mass is 9.96. The smallest absolute Gasteiger partial charge is 0.255 e. The van der Waals surface area contributed by atoms with Gasteiger partial charge in [-0.05, 0) is 62.9 Å². The number of likely N-dealkylation sites (tertiary alicyclic amines) is 1. The van der Waals surface area contributed by atoms with Gasteiger partial charge in [0.15, 0.2) is 0 Å². The van der Waals surface area contributed by atoms with Crippen LogP contribution in [0.4, 0.5) is 0 Å². The molecule has 1 atom stereocenters. The van der Waals surface area contributed by atoms with Crippen LogP contribution >= 0.6 is 11.6 Å². The second-order valence-corrected chi connectivity index (χ2v) is 7.64. The Morgan fingerprint density at radius 3 is 2.89 bits per heavy atom. The van der Waals surface area contributed by atoms with Crippen molar-refractivity contribution in [2.24, 2.45) is 0 Å². The van der Waals surface area contributed by atoms with Crippen LogP contribution in [0.25, 0.3) is 0 Å². The first kappa shape index (κ1) is 19.6. The molecule has 1 amide bonds. The van der Waals surface area contributed by atoms with Gasteiger partial charge in [-0.3, -0.25) is 9.78 Å². The second-order valence-electron chi connectivity index (χ2n) is 7.23. The second kappa shape index (κ2) is 8.28. The molecular weight excluding hydrogens is 364 g/mol. The van der Waals surface area contributed by atoms with Crippen molar-refractivity contribution >= 4 is 17.5 Å². The number of aryl methyl sites for hydroxylation is 2. The van der Waals surface area contributed by atoms with Crippen LogP contribution in [0.15, 0.2) is 36.5 Å². The predicted octanol–water partition coefficient (Wildman–Crippen LogP) is 3.79. The average molecular weight is 389 g/mol. The molecule has 5 nitrogen and oxygen atoms in total. The van der Waals surface area contributed by atoms with Gasteiger partial charge in [0.1, 0.15) is 18.0 Å². The molecule has 144 valence electrons. The van der Waals surface area contributed by atoms with Gasteiger partial charge in [-0.15, -0.1) is 0 Å². The number of hydrogen-bond donors (Lipinski definition) is 1. The molecule has 1 aliphatic heterocycles. The quantitative estimate of drug-likeness (QED) is 0.865. The van der Waals surface area contributed by atoms with E-state index in [-0.39, 0.29) is 12.5 Å². The van der Waals surface area contributed by atoms with Crippen molar-refractivity contribution in [2.75, 3.05) is 19.7 Å².